The van der Waals surface area contributed by atoms with Crippen LogP contribution < -0.4 is 4.90 Å². The summed E-state index contributed by atoms with van der Waals surface area (Å²) in [7, 11) is 0. The molecule has 0 aromatic heterocycles. The molecule has 0 bridgehead atoms. The highest BCUT2D eigenvalue weighted by molar-refractivity contribution is 6.33. The van der Waals surface area contributed by atoms with Crippen LogP contribution in [0.5, 0.6) is 0 Å². The lowest BCUT2D eigenvalue weighted by molar-refractivity contribution is -0.385. The second-order valence-corrected chi connectivity index (χ2v) is 6.29. The maximum absolute atomic E-state index is 12.5. The number of carbonyl (C=O) groups is 1. The van der Waals surface area contributed by atoms with Crippen molar-refractivity contribution < 1.29 is 9.72 Å². The average Bonchev–Trinajstić information content (AvgIpc) is 2.62. The van der Waals surface area contributed by atoms with E-state index in [1.54, 1.807) is 23.1 Å². The Labute approximate surface area is 150 Å². The van der Waals surface area contributed by atoms with Gasteiger partial charge in [-0.3, -0.25) is 14.9 Å². The Kier molecular flexibility index (Phi) is 5.19. The minimum Gasteiger partial charge on any atom is -0.367 e. The molecule has 6 nitrogen and oxygen atoms in total. The van der Waals surface area contributed by atoms with Crippen molar-refractivity contribution in [3.63, 3.8) is 0 Å². The van der Waals surface area contributed by atoms with Crippen molar-refractivity contribution in [3.8, 4) is 0 Å². The van der Waals surface area contributed by atoms with Gasteiger partial charge in [0.15, 0.2) is 0 Å². The Hall–Kier alpha value is -2.60. The molecule has 1 aliphatic heterocycles. The van der Waals surface area contributed by atoms with Crippen LogP contribution in [-0.4, -0.2) is 41.9 Å². The normalized spacial score (nSPS) is 14.4. The zero-order valence-electron chi connectivity index (χ0n) is 13.6. The van der Waals surface area contributed by atoms with E-state index in [9.17, 15) is 14.9 Å². The molecule has 1 fully saturated rings. The number of nitrogens with zero attached hydrogens (tertiary/aromatic N) is 3. The first-order valence-corrected chi connectivity index (χ1v) is 8.43. The van der Waals surface area contributed by atoms with E-state index in [4.69, 9.17) is 11.6 Å². The fourth-order valence-corrected chi connectivity index (χ4v) is 3.27. The Morgan fingerprint density at radius 1 is 1.04 bits per heavy atom. The van der Waals surface area contributed by atoms with Gasteiger partial charge in [0, 0.05) is 37.8 Å². The molecule has 0 radical (unpaired) electrons. The van der Waals surface area contributed by atoms with E-state index in [1.807, 2.05) is 24.3 Å². The fraction of sp³-hybridized carbons (Fsp3) is 0.278. The molecule has 1 heterocycles. The van der Waals surface area contributed by atoms with Gasteiger partial charge in [-0.1, -0.05) is 41.9 Å². The Bertz CT molecular complexity index is 789. The number of halogens is 1. The van der Waals surface area contributed by atoms with Gasteiger partial charge in [-0.15, -0.1) is 0 Å². The number of para-hydroxylation sites is 2. The number of hydrogen-bond donors (Lipinski definition) is 0. The van der Waals surface area contributed by atoms with Gasteiger partial charge in [0.1, 0.15) is 0 Å². The molecule has 1 saturated heterocycles. The average molecular weight is 360 g/mol. The number of carbonyl (C=O) groups excluding carboxylic acids is 1. The first-order valence-electron chi connectivity index (χ1n) is 8.06. The number of rotatable bonds is 4. The molecule has 0 aliphatic carbocycles. The molecule has 7 heteroatoms. The summed E-state index contributed by atoms with van der Waals surface area (Å²) < 4.78 is 0. The zero-order valence-corrected chi connectivity index (χ0v) is 14.4. The molecule has 3 rings (SSSR count). The second kappa shape index (κ2) is 7.53. The van der Waals surface area contributed by atoms with Crippen molar-refractivity contribution >= 4 is 28.9 Å². The summed E-state index contributed by atoms with van der Waals surface area (Å²) in [6, 6.07) is 14.0. The lowest BCUT2D eigenvalue weighted by Crippen LogP contribution is -2.49. The molecular weight excluding hydrogens is 342 g/mol. The highest BCUT2D eigenvalue weighted by atomic mass is 35.5. The predicted molar refractivity (Wildman–Crippen MR) is 97.0 cm³/mol. The number of piperazine rings is 1. The summed E-state index contributed by atoms with van der Waals surface area (Å²) in [5.74, 6) is -0.0897. The standard InChI is InChI=1S/C18H18ClN3O3/c19-15-6-2-4-8-17(15)20-9-11-21(12-10-20)18(23)13-14-5-1-3-7-16(14)22(24)25/h1-8H,9-13H2. The summed E-state index contributed by atoms with van der Waals surface area (Å²) in [5, 5.41) is 11.8. The third kappa shape index (κ3) is 3.91. The van der Waals surface area contributed by atoms with Gasteiger partial charge < -0.3 is 9.80 Å². The fourth-order valence-electron chi connectivity index (χ4n) is 3.02. The minimum atomic E-state index is -0.446. The highest BCUT2D eigenvalue weighted by Gasteiger charge is 2.24. The molecule has 25 heavy (non-hydrogen) atoms. The third-order valence-corrected chi connectivity index (χ3v) is 4.68. The van der Waals surface area contributed by atoms with E-state index in [0.717, 1.165) is 5.69 Å². The van der Waals surface area contributed by atoms with E-state index in [2.05, 4.69) is 4.90 Å². The first-order chi connectivity index (χ1) is 12.1. The van der Waals surface area contributed by atoms with Crippen LogP contribution in [0.2, 0.25) is 5.02 Å². The van der Waals surface area contributed by atoms with Crippen LogP contribution in [0.4, 0.5) is 11.4 Å². The van der Waals surface area contributed by atoms with E-state index in [1.165, 1.54) is 6.07 Å². The number of anilines is 1. The van der Waals surface area contributed by atoms with Crippen LogP contribution >= 0.6 is 11.6 Å². The summed E-state index contributed by atoms with van der Waals surface area (Å²) in [6.45, 7) is 2.52. The molecular formula is C18H18ClN3O3. The number of hydrogen-bond acceptors (Lipinski definition) is 4. The molecule has 0 N–H and O–H groups in total. The van der Waals surface area contributed by atoms with E-state index < -0.39 is 4.92 Å². The maximum atomic E-state index is 12.5. The Morgan fingerprint density at radius 2 is 1.68 bits per heavy atom. The largest absolute Gasteiger partial charge is 0.367 e. The van der Waals surface area contributed by atoms with Crippen molar-refractivity contribution in [3.05, 3.63) is 69.2 Å². The van der Waals surface area contributed by atoms with Crippen molar-refractivity contribution in [2.45, 2.75) is 6.42 Å². The van der Waals surface area contributed by atoms with Crippen LogP contribution in [0.3, 0.4) is 0 Å². The van der Waals surface area contributed by atoms with Gasteiger partial charge in [-0.25, -0.2) is 0 Å². The molecule has 0 saturated carbocycles. The van der Waals surface area contributed by atoms with Gasteiger partial charge in [0.25, 0.3) is 5.69 Å². The van der Waals surface area contributed by atoms with Crippen molar-refractivity contribution in [1.29, 1.82) is 0 Å². The van der Waals surface area contributed by atoms with Crippen LogP contribution in [-0.2, 0) is 11.2 Å². The predicted octanol–water partition coefficient (Wildman–Crippen LogP) is 3.14. The smallest absolute Gasteiger partial charge is 0.273 e. The van der Waals surface area contributed by atoms with Crippen LogP contribution in [0, 0.1) is 10.1 Å². The van der Waals surface area contributed by atoms with Gasteiger partial charge >= 0.3 is 0 Å². The number of nitro groups is 1. The van der Waals surface area contributed by atoms with Crippen LogP contribution in [0.25, 0.3) is 0 Å². The minimum absolute atomic E-state index is 0.00875. The van der Waals surface area contributed by atoms with Gasteiger partial charge in [0.05, 0.1) is 22.1 Å². The quantitative estimate of drug-likeness (QED) is 0.621. The topological polar surface area (TPSA) is 66.7 Å². The van der Waals surface area contributed by atoms with Crippen molar-refractivity contribution in [2.24, 2.45) is 0 Å². The second-order valence-electron chi connectivity index (χ2n) is 5.88. The molecule has 130 valence electrons. The third-order valence-electron chi connectivity index (χ3n) is 4.36. The van der Waals surface area contributed by atoms with E-state index >= 15 is 0 Å². The number of nitro benzene ring substituents is 1. The van der Waals surface area contributed by atoms with Crippen LogP contribution in [0.1, 0.15) is 5.56 Å². The lowest BCUT2D eigenvalue weighted by Gasteiger charge is -2.36. The molecule has 2 aromatic rings. The molecule has 0 atom stereocenters. The van der Waals surface area contributed by atoms with E-state index in [-0.39, 0.29) is 18.0 Å². The number of benzene rings is 2. The van der Waals surface area contributed by atoms with Crippen molar-refractivity contribution in [2.75, 3.05) is 31.1 Å². The molecule has 0 unspecified atom stereocenters. The monoisotopic (exact) mass is 359 g/mol. The molecule has 1 aliphatic rings. The van der Waals surface area contributed by atoms with Gasteiger partial charge in [-0.05, 0) is 12.1 Å². The van der Waals surface area contributed by atoms with Crippen LogP contribution in [0.15, 0.2) is 48.5 Å². The summed E-state index contributed by atoms with van der Waals surface area (Å²) in [5.41, 5.74) is 1.41. The summed E-state index contributed by atoms with van der Waals surface area (Å²) in [4.78, 5) is 27.0. The maximum Gasteiger partial charge on any atom is 0.273 e. The molecule has 1 amide bonds. The van der Waals surface area contributed by atoms with Gasteiger partial charge in [0.2, 0.25) is 5.91 Å². The lowest BCUT2D eigenvalue weighted by atomic mass is 10.1. The Morgan fingerprint density at radius 3 is 2.36 bits per heavy atom. The van der Waals surface area contributed by atoms with Gasteiger partial charge in [-0.2, -0.15) is 0 Å². The first kappa shape index (κ1) is 17.2. The SMILES string of the molecule is O=C(Cc1ccccc1[N+](=O)[O-])N1CCN(c2ccccc2Cl)CC1. The van der Waals surface area contributed by atoms with E-state index in [0.29, 0.717) is 36.8 Å². The summed E-state index contributed by atoms with van der Waals surface area (Å²) in [6.07, 6.45) is 0.0449. The number of amides is 1. The van der Waals surface area contributed by atoms with Crippen molar-refractivity contribution in [1.82, 2.24) is 4.90 Å². The molecule has 0 spiro atoms. The summed E-state index contributed by atoms with van der Waals surface area (Å²) >= 11 is 6.22. The highest BCUT2D eigenvalue weighted by Crippen LogP contribution is 2.26. The zero-order chi connectivity index (χ0) is 17.8. The molecule has 2 aromatic carbocycles. The Balaban J connectivity index is 1.63.